The van der Waals surface area contributed by atoms with E-state index in [1.807, 2.05) is 0 Å². The van der Waals surface area contributed by atoms with Crippen LogP contribution < -0.4 is 5.73 Å². The molecule has 0 heterocycles. The van der Waals surface area contributed by atoms with E-state index in [2.05, 4.69) is 0 Å². The van der Waals surface area contributed by atoms with Gasteiger partial charge >= 0.3 is 6.18 Å². The first-order valence-corrected chi connectivity index (χ1v) is 4.81. The Hall–Kier alpha value is -0.250. The maximum Gasteiger partial charge on any atom is 0.389 e. The molecular weight excluding hydrogens is 179 g/mol. The van der Waals surface area contributed by atoms with Crippen LogP contribution in [0.25, 0.3) is 0 Å². The van der Waals surface area contributed by atoms with Gasteiger partial charge in [-0.15, -0.1) is 0 Å². The van der Waals surface area contributed by atoms with E-state index < -0.39 is 12.6 Å². The van der Waals surface area contributed by atoms with Gasteiger partial charge in [0.25, 0.3) is 0 Å². The van der Waals surface area contributed by atoms with E-state index in [0.717, 1.165) is 12.8 Å². The maximum atomic E-state index is 11.8. The zero-order valence-electron chi connectivity index (χ0n) is 7.61. The van der Waals surface area contributed by atoms with Crippen LogP contribution in [0.5, 0.6) is 0 Å². The highest BCUT2D eigenvalue weighted by molar-refractivity contribution is 4.80. The number of hydrogen-bond acceptors (Lipinski definition) is 1. The second-order valence-electron chi connectivity index (χ2n) is 3.86. The van der Waals surface area contributed by atoms with Crippen molar-refractivity contribution in [2.75, 3.05) is 0 Å². The highest BCUT2D eigenvalue weighted by Crippen LogP contribution is 2.31. The van der Waals surface area contributed by atoms with Crippen molar-refractivity contribution in [3.8, 4) is 0 Å². The molecule has 0 saturated heterocycles. The van der Waals surface area contributed by atoms with Crippen molar-refractivity contribution in [2.45, 2.75) is 50.7 Å². The molecule has 13 heavy (non-hydrogen) atoms. The summed E-state index contributed by atoms with van der Waals surface area (Å²) < 4.78 is 35.3. The Morgan fingerprint density at radius 1 is 1.31 bits per heavy atom. The average Bonchev–Trinajstić information content (AvgIpc) is 1.79. The Labute approximate surface area is 76.5 Å². The van der Waals surface area contributed by atoms with Crippen LogP contribution in [0.15, 0.2) is 0 Å². The summed E-state index contributed by atoms with van der Waals surface area (Å²) in [6.45, 7) is 0. The minimum atomic E-state index is -4.01. The van der Waals surface area contributed by atoms with Crippen molar-refractivity contribution in [1.29, 1.82) is 0 Å². The van der Waals surface area contributed by atoms with Crippen molar-refractivity contribution in [3.63, 3.8) is 0 Å². The first kappa shape index (κ1) is 10.8. The molecule has 1 saturated carbocycles. The van der Waals surface area contributed by atoms with Crippen molar-refractivity contribution >= 4 is 0 Å². The third-order valence-corrected chi connectivity index (χ3v) is 2.75. The second kappa shape index (κ2) is 4.31. The van der Waals surface area contributed by atoms with Crippen LogP contribution in [0.2, 0.25) is 0 Å². The van der Waals surface area contributed by atoms with E-state index in [4.69, 9.17) is 5.73 Å². The third-order valence-electron chi connectivity index (χ3n) is 2.75. The molecule has 0 spiro atoms. The highest BCUT2D eigenvalue weighted by atomic mass is 19.4. The molecule has 1 rings (SSSR count). The lowest BCUT2D eigenvalue weighted by Gasteiger charge is -2.31. The molecule has 0 aromatic rings. The number of rotatable bonds is 4. The van der Waals surface area contributed by atoms with Crippen molar-refractivity contribution in [2.24, 2.45) is 11.7 Å². The Bertz CT molecular complexity index is 151. The first-order valence-electron chi connectivity index (χ1n) is 4.81. The van der Waals surface area contributed by atoms with Gasteiger partial charge in [-0.3, -0.25) is 0 Å². The van der Waals surface area contributed by atoms with E-state index in [1.54, 1.807) is 0 Å². The van der Waals surface area contributed by atoms with Gasteiger partial charge < -0.3 is 5.73 Å². The van der Waals surface area contributed by atoms with E-state index >= 15 is 0 Å². The van der Waals surface area contributed by atoms with Gasteiger partial charge in [-0.25, -0.2) is 0 Å². The number of alkyl halides is 3. The SMILES string of the molecule is NC(CCCC(F)(F)F)C1CCC1. The fraction of sp³-hybridized carbons (Fsp3) is 1.00. The smallest absolute Gasteiger partial charge is 0.327 e. The number of hydrogen-bond donors (Lipinski definition) is 1. The predicted octanol–water partition coefficient (Wildman–Crippen LogP) is 2.85. The van der Waals surface area contributed by atoms with Crippen LogP contribution in [-0.2, 0) is 0 Å². The first-order chi connectivity index (χ1) is 5.99. The molecule has 0 aromatic carbocycles. The zero-order valence-corrected chi connectivity index (χ0v) is 7.61. The summed E-state index contributed by atoms with van der Waals surface area (Å²) in [5.74, 6) is 0.494. The molecule has 1 atom stereocenters. The highest BCUT2D eigenvalue weighted by Gasteiger charge is 2.28. The summed E-state index contributed by atoms with van der Waals surface area (Å²) in [5, 5.41) is 0. The average molecular weight is 195 g/mol. The summed E-state index contributed by atoms with van der Waals surface area (Å²) in [5.41, 5.74) is 5.74. The molecule has 78 valence electrons. The Kier molecular flexibility index (Phi) is 3.59. The Morgan fingerprint density at radius 3 is 2.31 bits per heavy atom. The van der Waals surface area contributed by atoms with Gasteiger partial charge in [-0.2, -0.15) is 13.2 Å². The topological polar surface area (TPSA) is 26.0 Å². The summed E-state index contributed by atoms with van der Waals surface area (Å²) in [6.07, 6.45) is -0.601. The lowest BCUT2D eigenvalue weighted by Crippen LogP contribution is -2.34. The fourth-order valence-corrected chi connectivity index (χ4v) is 1.64. The summed E-state index contributed by atoms with van der Waals surface area (Å²) in [4.78, 5) is 0. The van der Waals surface area contributed by atoms with E-state index in [0.29, 0.717) is 12.3 Å². The molecule has 2 N–H and O–H groups in total. The van der Waals surface area contributed by atoms with Gasteiger partial charge in [-0.1, -0.05) is 6.42 Å². The molecule has 0 aromatic heterocycles. The van der Waals surface area contributed by atoms with Gasteiger partial charge in [0.1, 0.15) is 0 Å². The van der Waals surface area contributed by atoms with Gasteiger partial charge in [0.15, 0.2) is 0 Å². The monoisotopic (exact) mass is 195 g/mol. The van der Waals surface area contributed by atoms with Gasteiger partial charge in [0.05, 0.1) is 0 Å². The molecule has 0 radical (unpaired) electrons. The largest absolute Gasteiger partial charge is 0.389 e. The van der Waals surface area contributed by atoms with Crippen LogP contribution >= 0.6 is 0 Å². The maximum absolute atomic E-state index is 11.8. The standard InChI is InChI=1S/C9H16F3N/c10-9(11,12)6-2-5-8(13)7-3-1-4-7/h7-8H,1-6,13H2. The van der Waals surface area contributed by atoms with Crippen LogP contribution in [0.4, 0.5) is 13.2 Å². The molecule has 1 nitrogen and oxygen atoms in total. The lowest BCUT2D eigenvalue weighted by molar-refractivity contribution is -0.136. The summed E-state index contributed by atoms with van der Waals surface area (Å²) in [6, 6.07) is -0.00361. The Balaban J connectivity index is 2.04. The summed E-state index contributed by atoms with van der Waals surface area (Å²) in [7, 11) is 0. The van der Waals surface area contributed by atoms with Crippen molar-refractivity contribution in [1.82, 2.24) is 0 Å². The number of halogens is 3. The van der Waals surface area contributed by atoms with Crippen LogP contribution in [-0.4, -0.2) is 12.2 Å². The van der Waals surface area contributed by atoms with Crippen LogP contribution in [0.1, 0.15) is 38.5 Å². The molecule has 1 unspecified atom stereocenters. The van der Waals surface area contributed by atoms with Crippen LogP contribution in [0.3, 0.4) is 0 Å². The van der Waals surface area contributed by atoms with E-state index in [-0.39, 0.29) is 12.5 Å². The van der Waals surface area contributed by atoms with E-state index in [1.165, 1.54) is 6.42 Å². The molecule has 1 fully saturated rings. The lowest BCUT2D eigenvalue weighted by atomic mass is 9.78. The molecule has 1 aliphatic carbocycles. The molecule has 0 aliphatic heterocycles. The van der Waals surface area contributed by atoms with Gasteiger partial charge in [-0.05, 0) is 31.6 Å². The molecule has 1 aliphatic rings. The number of nitrogens with two attached hydrogens (primary N) is 1. The summed E-state index contributed by atoms with van der Waals surface area (Å²) >= 11 is 0. The quantitative estimate of drug-likeness (QED) is 0.733. The molecular formula is C9H16F3N. The minimum Gasteiger partial charge on any atom is -0.327 e. The van der Waals surface area contributed by atoms with Crippen molar-refractivity contribution in [3.05, 3.63) is 0 Å². The molecule has 4 heteroatoms. The Morgan fingerprint density at radius 2 is 1.92 bits per heavy atom. The fourth-order valence-electron chi connectivity index (χ4n) is 1.64. The third kappa shape index (κ3) is 3.98. The normalized spacial score (nSPS) is 21.2. The molecule has 0 bridgehead atoms. The van der Waals surface area contributed by atoms with Crippen LogP contribution in [0, 0.1) is 5.92 Å². The van der Waals surface area contributed by atoms with Gasteiger partial charge in [0.2, 0.25) is 0 Å². The zero-order chi connectivity index (χ0) is 9.90. The minimum absolute atomic E-state index is 0.00361. The van der Waals surface area contributed by atoms with E-state index in [9.17, 15) is 13.2 Å². The predicted molar refractivity (Wildman–Crippen MR) is 45.2 cm³/mol. The second-order valence-corrected chi connectivity index (χ2v) is 3.86. The van der Waals surface area contributed by atoms with Gasteiger partial charge in [0, 0.05) is 12.5 Å². The van der Waals surface area contributed by atoms with Crippen molar-refractivity contribution < 1.29 is 13.2 Å². The molecule has 0 amide bonds.